The van der Waals surface area contributed by atoms with Crippen molar-refractivity contribution in [2.75, 3.05) is 6.54 Å². The van der Waals surface area contributed by atoms with Gasteiger partial charge in [0.1, 0.15) is 11.6 Å². The number of rotatable bonds is 3. The first-order chi connectivity index (χ1) is 11.8. The van der Waals surface area contributed by atoms with E-state index in [-0.39, 0.29) is 24.1 Å². The van der Waals surface area contributed by atoms with Gasteiger partial charge in [0.05, 0.1) is 0 Å². The third-order valence-electron chi connectivity index (χ3n) is 5.39. The lowest BCUT2D eigenvalue weighted by Gasteiger charge is -2.29. The Bertz CT molecular complexity index is 682. The van der Waals surface area contributed by atoms with Crippen LogP contribution >= 0.6 is 0 Å². The van der Waals surface area contributed by atoms with Gasteiger partial charge >= 0.3 is 6.09 Å². The van der Waals surface area contributed by atoms with Gasteiger partial charge in [-0.05, 0) is 51.0 Å². The molecule has 1 aromatic rings. The Balaban J connectivity index is 1.38. The number of fused-ring (bicyclic) bond motifs is 1. The van der Waals surface area contributed by atoms with Gasteiger partial charge in [0, 0.05) is 18.5 Å². The number of benzene rings is 1. The summed E-state index contributed by atoms with van der Waals surface area (Å²) < 4.78 is 5.49. The molecule has 134 valence electrons. The molecule has 0 spiro atoms. The average Bonchev–Trinajstić information content (AvgIpc) is 3.44. The lowest BCUT2D eigenvalue weighted by atomic mass is 10.1. The van der Waals surface area contributed by atoms with E-state index >= 15 is 0 Å². The van der Waals surface area contributed by atoms with Gasteiger partial charge < -0.3 is 10.1 Å². The summed E-state index contributed by atoms with van der Waals surface area (Å²) in [5.74, 6) is 1.16. The van der Waals surface area contributed by atoms with E-state index in [1.165, 1.54) is 5.56 Å². The van der Waals surface area contributed by atoms with Crippen molar-refractivity contribution in [3.05, 3.63) is 35.9 Å². The number of nitrogens with zero attached hydrogens (tertiary/aromatic N) is 1. The number of ether oxygens (including phenoxy) is 1. The van der Waals surface area contributed by atoms with E-state index in [1.54, 1.807) is 4.90 Å². The molecule has 1 aliphatic heterocycles. The normalized spacial score (nSPS) is 32.8. The van der Waals surface area contributed by atoms with Gasteiger partial charge in [-0.3, -0.25) is 9.69 Å². The number of piperidine rings is 1. The summed E-state index contributed by atoms with van der Waals surface area (Å²) >= 11 is 0. The van der Waals surface area contributed by atoms with Crippen LogP contribution in [-0.4, -0.2) is 41.1 Å². The molecule has 3 aliphatic rings. The molecule has 2 amide bonds. The molecule has 5 heteroatoms. The Morgan fingerprint density at radius 1 is 1.16 bits per heavy atom. The second kappa shape index (κ2) is 5.75. The Kier molecular flexibility index (Phi) is 3.78. The van der Waals surface area contributed by atoms with Gasteiger partial charge in [0.2, 0.25) is 5.91 Å². The molecule has 4 rings (SSSR count). The summed E-state index contributed by atoms with van der Waals surface area (Å²) in [7, 11) is 0. The zero-order valence-corrected chi connectivity index (χ0v) is 15.1. The summed E-state index contributed by atoms with van der Waals surface area (Å²) in [6, 6.07) is 10.1. The first-order valence-corrected chi connectivity index (χ1v) is 9.18. The van der Waals surface area contributed by atoms with Crippen LogP contribution in [0.4, 0.5) is 4.79 Å². The zero-order valence-electron chi connectivity index (χ0n) is 15.1. The van der Waals surface area contributed by atoms with Crippen LogP contribution in [0.5, 0.6) is 0 Å². The van der Waals surface area contributed by atoms with Crippen LogP contribution in [0.25, 0.3) is 0 Å². The fraction of sp³-hybridized carbons (Fsp3) is 0.600. The fourth-order valence-corrected chi connectivity index (χ4v) is 4.00. The molecule has 0 unspecified atom stereocenters. The maximum atomic E-state index is 12.8. The third kappa shape index (κ3) is 3.37. The monoisotopic (exact) mass is 342 g/mol. The molecule has 0 aromatic heterocycles. The number of hydrogen-bond acceptors (Lipinski definition) is 3. The number of likely N-dealkylation sites (tertiary alicyclic amines) is 1. The molecule has 0 bridgehead atoms. The number of hydrogen-bond donors (Lipinski definition) is 1. The maximum Gasteiger partial charge on any atom is 0.410 e. The van der Waals surface area contributed by atoms with Crippen molar-refractivity contribution in [2.45, 2.75) is 57.2 Å². The van der Waals surface area contributed by atoms with Crippen molar-refractivity contribution < 1.29 is 14.3 Å². The molecule has 2 aliphatic carbocycles. The third-order valence-corrected chi connectivity index (χ3v) is 5.39. The molecule has 1 saturated heterocycles. The first-order valence-electron chi connectivity index (χ1n) is 9.18. The molecule has 25 heavy (non-hydrogen) atoms. The van der Waals surface area contributed by atoms with Crippen molar-refractivity contribution in [3.8, 4) is 0 Å². The van der Waals surface area contributed by atoms with E-state index in [4.69, 9.17) is 4.74 Å². The van der Waals surface area contributed by atoms with Crippen molar-refractivity contribution in [1.82, 2.24) is 10.2 Å². The summed E-state index contributed by atoms with van der Waals surface area (Å²) in [5, 5.41) is 3.16. The van der Waals surface area contributed by atoms with Crippen LogP contribution in [-0.2, 0) is 9.53 Å². The Hall–Kier alpha value is -2.04. The standard InChI is InChI=1S/C20H26N2O3/c1-20(2,3)25-19(24)22-11-13-9-15(13)17(22)18(23)21-16-10-14(16)12-7-5-4-6-8-12/h4-8,13-17H,9-11H2,1-3H3,(H,21,23)/t13-,14-,15-,16+,17+/m1/s1. The quantitative estimate of drug-likeness (QED) is 0.919. The van der Waals surface area contributed by atoms with E-state index in [9.17, 15) is 9.59 Å². The summed E-state index contributed by atoms with van der Waals surface area (Å²) in [6.45, 7) is 6.20. The molecule has 2 saturated carbocycles. The van der Waals surface area contributed by atoms with E-state index < -0.39 is 5.60 Å². The summed E-state index contributed by atoms with van der Waals surface area (Å²) in [6.07, 6.45) is 1.66. The van der Waals surface area contributed by atoms with Gasteiger partial charge in [-0.25, -0.2) is 4.79 Å². The van der Waals surface area contributed by atoms with Gasteiger partial charge in [-0.15, -0.1) is 0 Å². The summed E-state index contributed by atoms with van der Waals surface area (Å²) in [5.41, 5.74) is 0.729. The average molecular weight is 342 g/mol. The number of nitrogens with one attached hydrogen (secondary N) is 1. The maximum absolute atomic E-state index is 12.8. The Morgan fingerprint density at radius 3 is 2.56 bits per heavy atom. The van der Waals surface area contributed by atoms with Crippen LogP contribution in [0.2, 0.25) is 0 Å². The van der Waals surface area contributed by atoms with E-state index in [1.807, 2.05) is 39.0 Å². The smallest absolute Gasteiger partial charge is 0.410 e. The minimum Gasteiger partial charge on any atom is -0.444 e. The predicted octanol–water partition coefficient (Wildman–Crippen LogP) is 2.91. The highest BCUT2D eigenvalue weighted by Crippen LogP contribution is 2.50. The Labute approximate surface area is 148 Å². The molecule has 0 radical (unpaired) electrons. The topological polar surface area (TPSA) is 58.6 Å². The van der Waals surface area contributed by atoms with Crippen molar-refractivity contribution in [3.63, 3.8) is 0 Å². The minimum absolute atomic E-state index is 0.0145. The van der Waals surface area contributed by atoms with Crippen molar-refractivity contribution >= 4 is 12.0 Å². The highest BCUT2D eigenvalue weighted by Gasteiger charge is 2.58. The van der Waals surface area contributed by atoms with Crippen molar-refractivity contribution in [2.24, 2.45) is 11.8 Å². The predicted molar refractivity (Wildman–Crippen MR) is 94.1 cm³/mol. The van der Waals surface area contributed by atoms with E-state index in [2.05, 4.69) is 17.4 Å². The molecule has 5 nitrogen and oxygen atoms in total. The largest absolute Gasteiger partial charge is 0.444 e. The molecule has 5 atom stereocenters. The number of carbonyl (C=O) groups excluding carboxylic acids is 2. The SMILES string of the molecule is CC(C)(C)OC(=O)N1C[C@H]2C[C@H]2[C@H]1C(=O)N[C@H]1C[C@@H]1c1ccccc1. The van der Waals surface area contributed by atoms with Crippen LogP contribution < -0.4 is 5.32 Å². The van der Waals surface area contributed by atoms with Gasteiger partial charge in [0.25, 0.3) is 0 Å². The first kappa shape index (κ1) is 16.4. The zero-order chi connectivity index (χ0) is 17.8. The molecule has 3 fully saturated rings. The van der Waals surface area contributed by atoms with Crippen LogP contribution in [0.1, 0.15) is 45.1 Å². The lowest BCUT2D eigenvalue weighted by Crippen LogP contribution is -2.50. The lowest BCUT2D eigenvalue weighted by molar-refractivity contribution is -0.126. The van der Waals surface area contributed by atoms with E-state index in [0.29, 0.717) is 24.3 Å². The molecular weight excluding hydrogens is 316 g/mol. The van der Waals surface area contributed by atoms with Crippen LogP contribution in [0, 0.1) is 11.8 Å². The fourth-order valence-electron chi connectivity index (χ4n) is 4.00. The van der Waals surface area contributed by atoms with Gasteiger partial charge in [-0.1, -0.05) is 30.3 Å². The highest BCUT2D eigenvalue weighted by molar-refractivity contribution is 5.88. The van der Waals surface area contributed by atoms with Crippen molar-refractivity contribution in [1.29, 1.82) is 0 Å². The molecule has 1 heterocycles. The highest BCUT2D eigenvalue weighted by atomic mass is 16.6. The minimum atomic E-state index is -0.542. The van der Waals surface area contributed by atoms with E-state index in [0.717, 1.165) is 12.8 Å². The second-order valence-corrected chi connectivity index (χ2v) is 8.61. The summed E-state index contributed by atoms with van der Waals surface area (Å²) in [4.78, 5) is 26.9. The molecule has 1 aromatic carbocycles. The van der Waals surface area contributed by atoms with Crippen LogP contribution in [0.3, 0.4) is 0 Å². The molecule has 1 N–H and O–H groups in total. The van der Waals surface area contributed by atoms with Gasteiger partial charge in [0.15, 0.2) is 0 Å². The Morgan fingerprint density at radius 2 is 1.88 bits per heavy atom. The number of amides is 2. The second-order valence-electron chi connectivity index (χ2n) is 8.61. The van der Waals surface area contributed by atoms with Crippen LogP contribution in [0.15, 0.2) is 30.3 Å². The molecular formula is C20H26N2O3. The number of carbonyl (C=O) groups is 2. The van der Waals surface area contributed by atoms with Gasteiger partial charge in [-0.2, -0.15) is 0 Å².